The Hall–Kier alpha value is -2.40. The lowest BCUT2D eigenvalue weighted by Crippen LogP contribution is -2.37. The molecule has 2 aromatic carbocycles. The molecule has 0 radical (unpaired) electrons. The second kappa shape index (κ2) is 11.1. The minimum Gasteiger partial charge on any atom is -0.376 e. The maximum Gasteiger partial charge on any atom is 0.260 e. The van der Waals surface area contributed by atoms with Gasteiger partial charge in [-0.1, -0.05) is 37.7 Å². The van der Waals surface area contributed by atoms with Crippen LogP contribution in [-0.2, 0) is 14.8 Å². The summed E-state index contributed by atoms with van der Waals surface area (Å²) in [5.41, 5.74) is 0.559. The van der Waals surface area contributed by atoms with Crippen LogP contribution in [0.1, 0.15) is 49.9 Å². The van der Waals surface area contributed by atoms with E-state index in [0.717, 1.165) is 25.7 Å². The number of ether oxygens (including phenoxy) is 1. The third-order valence-corrected chi connectivity index (χ3v) is 9.13. The predicted molar refractivity (Wildman–Crippen MR) is 136 cm³/mol. The summed E-state index contributed by atoms with van der Waals surface area (Å²) in [6.07, 6.45) is 3.29. The highest BCUT2D eigenvalue weighted by molar-refractivity contribution is 7.89. The normalized spacial score (nSPS) is 16.3. The van der Waals surface area contributed by atoms with Crippen molar-refractivity contribution in [3.63, 3.8) is 0 Å². The van der Waals surface area contributed by atoms with Crippen molar-refractivity contribution in [3.8, 4) is 0 Å². The minimum absolute atomic E-state index is 0.132. The molecule has 1 aliphatic heterocycles. The molecule has 1 aromatic heterocycles. The number of rotatable bonds is 10. The van der Waals surface area contributed by atoms with Gasteiger partial charge in [0.2, 0.25) is 10.0 Å². The second-order valence-electron chi connectivity index (χ2n) is 8.51. The molecule has 35 heavy (non-hydrogen) atoms. The highest BCUT2D eigenvalue weighted by atomic mass is 32.2. The number of halogens is 1. The largest absolute Gasteiger partial charge is 0.376 e. The number of unbranched alkanes of at least 4 members (excludes halogenated alkanes) is 1. The summed E-state index contributed by atoms with van der Waals surface area (Å²) in [6, 6.07) is 10.7. The zero-order chi connectivity index (χ0) is 25.0. The molecule has 1 unspecified atom stereocenters. The van der Waals surface area contributed by atoms with E-state index in [1.807, 2.05) is 13.8 Å². The fourth-order valence-corrected chi connectivity index (χ4v) is 6.59. The first kappa shape index (κ1) is 25.7. The molecule has 1 fully saturated rings. The number of para-hydroxylation sites is 1. The molecule has 0 aliphatic carbocycles. The summed E-state index contributed by atoms with van der Waals surface area (Å²) in [6.45, 7) is 5.60. The van der Waals surface area contributed by atoms with E-state index in [0.29, 0.717) is 41.6 Å². The van der Waals surface area contributed by atoms with E-state index in [1.165, 1.54) is 50.9 Å². The molecule has 0 bridgehead atoms. The van der Waals surface area contributed by atoms with Gasteiger partial charge in [0.25, 0.3) is 5.91 Å². The van der Waals surface area contributed by atoms with E-state index < -0.39 is 15.8 Å². The van der Waals surface area contributed by atoms with Crippen molar-refractivity contribution in [1.82, 2.24) is 9.29 Å². The van der Waals surface area contributed by atoms with E-state index >= 15 is 0 Å². The first-order chi connectivity index (χ1) is 16.8. The topological polar surface area (TPSA) is 79.8 Å². The highest BCUT2D eigenvalue weighted by Gasteiger charge is 2.28. The number of amides is 1. The first-order valence-electron chi connectivity index (χ1n) is 11.9. The van der Waals surface area contributed by atoms with Crippen LogP contribution in [0.2, 0.25) is 0 Å². The van der Waals surface area contributed by atoms with E-state index in [1.54, 1.807) is 12.1 Å². The number of aromatic nitrogens is 1. The molecule has 3 aromatic rings. The summed E-state index contributed by atoms with van der Waals surface area (Å²) in [4.78, 5) is 19.7. The number of nitrogens with zero attached hydrogens (tertiary/aromatic N) is 3. The van der Waals surface area contributed by atoms with Gasteiger partial charge in [0.15, 0.2) is 5.13 Å². The molecular weight excluding hydrogens is 489 g/mol. The molecule has 2 heterocycles. The Labute approximate surface area is 209 Å². The van der Waals surface area contributed by atoms with Crippen molar-refractivity contribution in [2.45, 2.75) is 50.5 Å². The van der Waals surface area contributed by atoms with Gasteiger partial charge in [0, 0.05) is 25.3 Å². The SMILES string of the molecule is CCCCN(CC)S(=O)(=O)c1ccc(C(=O)N(CC2CCCO2)c2nc3c(F)cccc3s2)cc1. The van der Waals surface area contributed by atoms with Gasteiger partial charge in [0.1, 0.15) is 11.3 Å². The van der Waals surface area contributed by atoms with Crippen molar-refractivity contribution >= 4 is 42.6 Å². The van der Waals surface area contributed by atoms with E-state index in [2.05, 4.69) is 4.98 Å². The predicted octanol–water partition coefficient (Wildman–Crippen LogP) is 5.07. The Morgan fingerprint density at radius 2 is 1.97 bits per heavy atom. The quantitative estimate of drug-likeness (QED) is 0.374. The molecule has 4 rings (SSSR count). The average Bonchev–Trinajstić information content (AvgIpc) is 3.53. The summed E-state index contributed by atoms with van der Waals surface area (Å²) >= 11 is 1.24. The lowest BCUT2D eigenvalue weighted by molar-refractivity contribution is 0.0917. The van der Waals surface area contributed by atoms with Crippen molar-refractivity contribution in [3.05, 3.63) is 53.8 Å². The van der Waals surface area contributed by atoms with Crippen LogP contribution in [-0.4, -0.2) is 56.0 Å². The van der Waals surface area contributed by atoms with Crippen LogP contribution in [0.15, 0.2) is 47.4 Å². The zero-order valence-electron chi connectivity index (χ0n) is 19.9. The zero-order valence-corrected chi connectivity index (χ0v) is 21.6. The van der Waals surface area contributed by atoms with Crippen LogP contribution < -0.4 is 4.90 Å². The van der Waals surface area contributed by atoms with Gasteiger partial charge in [-0.25, -0.2) is 17.8 Å². The van der Waals surface area contributed by atoms with E-state index in [-0.39, 0.29) is 22.4 Å². The molecule has 10 heteroatoms. The summed E-state index contributed by atoms with van der Waals surface area (Å²) < 4.78 is 48.2. The molecule has 1 atom stereocenters. The Balaban J connectivity index is 1.63. The maximum atomic E-state index is 14.3. The molecule has 0 saturated carbocycles. The van der Waals surface area contributed by atoms with Crippen molar-refractivity contribution < 1.29 is 22.3 Å². The summed E-state index contributed by atoms with van der Waals surface area (Å²) in [7, 11) is -3.64. The van der Waals surface area contributed by atoms with Gasteiger partial charge in [-0.15, -0.1) is 0 Å². The standard InChI is InChI=1S/C25H30FN3O4S2/c1-3-5-15-28(4-2)35(31,32)20-13-11-18(12-14-20)24(30)29(17-19-8-7-16-33-19)25-27-23-21(26)9-6-10-22(23)34-25/h6,9-14,19H,3-5,7-8,15-17H2,1-2H3. The number of hydrogen-bond acceptors (Lipinski definition) is 6. The number of sulfonamides is 1. The first-order valence-corrected chi connectivity index (χ1v) is 14.2. The van der Waals surface area contributed by atoms with Crippen LogP contribution >= 0.6 is 11.3 Å². The number of hydrogen-bond donors (Lipinski definition) is 0. The molecule has 1 saturated heterocycles. The Morgan fingerprint density at radius 1 is 1.20 bits per heavy atom. The highest BCUT2D eigenvalue weighted by Crippen LogP contribution is 2.32. The number of carbonyl (C=O) groups is 1. The lowest BCUT2D eigenvalue weighted by atomic mass is 10.2. The maximum absolute atomic E-state index is 14.3. The fourth-order valence-electron chi connectivity index (χ4n) is 4.12. The van der Waals surface area contributed by atoms with Gasteiger partial charge >= 0.3 is 0 Å². The van der Waals surface area contributed by atoms with Gasteiger partial charge in [0.05, 0.1) is 22.2 Å². The van der Waals surface area contributed by atoms with Crippen LogP contribution in [0, 0.1) is 5.82 Å². The third kappa shape index (κ3) is 5.55. The Bertz CT molecular complexity index is 1270. The second-order valence-corrected chi connectivity index (χ2v) is 11.5. The van der Waals surface area contributed by atoms with Crippen molar-refractivity contribution in [1.29, 1.82) is 0 Å². The number of fused-ring (bicyclic) bond motifs is 1. The average molecular weight is 520 g/mol. The van der Waals surface area contributed by atoms with Crippen molar-refractivity contribution in [2.75, 3.05) is 31.1 Å². The number of anilines is 1. The molecule has 0 spiro atoms. The Morgan fingerprint density at radius 3 is 2.60 bits per heavy atom. The van der Waals surface area contributed by atoms with Gasteiger partial charge in [-0.05, 0) is 55.7 Å². The van der Waals surface area contributed by atoms with Crippen LogP contribution in [0.25, 0.3) is 10.2 Å². The number of thiazole rings is 1. The van der Waals surface area contributed by atoms with Crippen LogP contribution in [0.5, 0.6) is 0 Å². The molecule has 188 valence electrons. The van der Waals surface area contributed by atoms with Gasteiger partial charge in [-0.2, -0.15) is 4.31 Å². The summed E-state index contributed by atoms with van der Waals surface area (Å²) in [5, 5.41) is 0.388. The van der Waals surface area contributed by atoms with Crippen LogP contribution in [0.3, 0.4) is 0 Å². The lowest BCUT2D eigenvalue weighted by Gasteiger charge is -2.23. The molecule has 1 amide bonds. The van der Waals surface area contributed by atoms with E-state index in [9.17, 15) is 17.6 Å². The summed E-state index contributed by atoms with van der Waals surface area (Å²) in [5.74, 6) is -0.769. The minimum atomic E-state index is -3.64. The van der Waals surface area contributed by atoms with E-state index in [4.69, 9.17) is 4.74 Å². The van der Waals surface area contributed by atoms with Gasteiger partial charge in [-0.3, -0.25) is 9.69 Å². The molecule has 1 aliphatic rings. The third-order valence-electron chi connectivity index (χ3n) is 6.10. The molecule has 7 nitrogen and oxygen atoms in total. The van der Waals surface area contributed by atoms with Gasteiger partial charge < -0.3 is 4.74 Å². The van der Waals surface area contributed by atoms with Crippen molar-refractivity contribution in [2.24, 2.45) is 0 Å². The molecule has 0 N–H and O–H groups in total. The smallest absolute Gasteiger partial charge is 0.260 e. The monoisotopic (exact) mass is 519 g/mol. The molecular formula is C25H30FN3O4S2. The number of carbonyl (C=O) groups excluding carboxylic acids is 1. The number of benzene rings is 2. The Kier molecular flexibility index (Phi) is 8.16. The van der Waals surface area contributed by atoms with Crippen LogP contribution in [0.4, 0.5) is 9.52 Å². The fraction of sp³-hybridized carbons (Fsp3) is 0.440.